The number of amides is 2. The first-order valence-electron chi connectivity index (χ1n) is 8.78. The molecule has 0 aliphatic heterocycles. The standard InChI is InChI=1S/C18H25N5O2/c1-10(2)17(24)19-7-8-20-18(25)13-9-14(12-5-6-12)21-16-15(13)11(3)22-23(16)4/h9-10,12H,5-8H2,1-4H3,(H,19,24)(H,20,25). The maximum absolute atomic E-state index is 12.7. The molecule has 0 radical (unpaired) electrons. The molecule has 2 aromatic heterocycles. The van der Waals surface area contributed by atoms with Crippen molar-refractivity contribution in [1.29, 1.82) is 0 Å². The second-order valence-electron chi connectivity index (χ2n) is 6.98. The smallest absolute Gasteiger partial charge is 0.252 e. The number of hydrogen-bond donors (Lipinski definition) is 2. The largest absolute Gasteiger partial charge is 0.354 e. The lowest BCUT2D eigenvalue weighted by atomic mass is 10.1. The van der Waals surface area contributed by atoms with Crippen LogP contribution >= 0.6 is 0 Å². The molecule has 1 aliphatic rings. The third kappa shape index (κ3) is 3.65. The Morgan fingerprint density at radius 3 is 2.60 bits per heavy atom. The van der Waals surface area contributed by atoms with E-state index in [9.17, 15) is 9.59 Å². The first-order valence-corrected chi connectivity index (χ1v) is 8.78. The first-order chi connectivity index (χ1) is 11.9. The highest BCUT2D eigenvalue weighted by molar-refractivity contribution is 6.06. The van der Waals surface area contributed by atoms with Crippen LogP contribution in [-0.2, 0) is 11.8 Å². The summed E-state index contributed by atoms with van der Waals surface area (Å²) in [6.45, 7) is 6.37. The molecule has 2 N–H and O–H groups in total. The van der Waals surface area contributed by atoms with Gasteiger partial charge in [0, 0.05) is 37.7 Å². The highest BCUT2D eigenvalue weighted by Gasteiger charge is 2.28. The van der Waals surface area contributed by atoms with Crippen LogP contribution in [0.5, 0.6) is 0 Å². The van der Waals surface area contributed by atoms with Crippen LogP contribution < -0.4 is 10.6 Å². The summed E-state index contributed by atoms with van der Waals surface area (Å²) in [5, 5.41) is 10.9. The van der Waals surface area contributed by atoms with Crippen molar-refractivity contribution >= 4 is 22.8 Å². The van der Waals surface area contributed by atoms with Gasteiger partial charge >= 0.3 is 0 Å². The van der Waals surface area contributed by atoms with E-state index in [0.29, 0.717) is 24.6 Å². The van der Waals surface area contributed by atoms with Crippen molar-refractivity contribution in [3.63, 3.8) is 0 Å². The van der Waals surface area contributed by atoms with Gasteiger partial charge in [0.2, 0.25) is 5.91 Å². The van der Waals surface area contributed by atoms with Crippen LogP contribution in [0.25, 0.3) is 11.0 Å². The lowest BCUT2D eigenvalue weighted by Crippen LogP contribution is -2.36. The molecule has 134 valence electrons. The van der Waals surface area contributed by atoms with Crippen LogP contribution in [0.1, 0.15) is 54.4 Å². The van der Waals surface area contributed by atoms with Gasteiger partial charge < -0.3 is 10.6 Å². The van der Waals surface area contributed by atoms with E-state index in [1.54, 1.807) is 4.68 Å². The van der Waals surface area contributed by atoms with Crippen LogP contribution in [0.4, 0.5) is 0 Å². The SMILES string of the molecule is Cc1nn(C)c2nc(C3CC3)cc(C(=O)NCCNC(=O)C(C)C)c12. The number of nitrogens with one attached hydrogen (secondary N) is 2. The van der Waals surface area contributed by atoms with Crippen molar-refractivity contribution in [1.82, 2.24) is 25.4 Å². The molecule has 1 fully saturated rings. The summed E-state index contributed by atoms with van der Waals surface area (Å²) in [5.74, 6) is 0.232. The van der Waals surface area contributed by atoms with E-state index in [1.807, 2.05) is 33.9 Å². The first kappa shape index (κ1) is 17.4. The van der Waals surface area contributed by atoms with E-state index in [2.05, 4.69) is 15.7 Å². The minimum atomic E-state index is -0.149. The van der Waals surface area contributed by atoms with Gasteiger partial charge in [0.15, 0.2) is 5.65 Å². The summed E-state index contributed by atoms with van der Waals surface area (Å²) in [6.07, 6.45) is 2.25. The van der Waals surface area contributed by atoms with E-state index in [4.69, 9.17) is 4.98 Å². The van der Waals surface area contributed by atoms with E-state index in [1.165, 1.54) is 0 Å². The third-order valence-corrected chi connectivity index (χ3v) is 4.46. The summed E-state index contributed by atoms with van der Waals surface area (Å²) in [5.41, 5.74) is 3.13. The molecule has 2 amide bonds. The molecule has 7 heteroatoms. The Bertz CT molecular complexity index is 820. The number of aromatic nitrogens is 3. The predicted octanol–water partition coefficient (Wildman–Crippen LogP) is 1.66. The van der Waals surface area contributed by atoms with Crippen molar-refractivity contribution in [3.8, 4) is 0 Å². The molecule has 0 aromatic carbocycles. The third-order valence-electron chi connectivity index (χ3n) is 4.46. The summed E-state index contributed by atoms with van der Waals surface area (Å²) in [4.78, 5) is 29.0. The zero-order valence-corrected chi connectivity index (χ0v) is 15.2. The van der Waals surface area contributed by atoms with Gasteiger partial charge in [-0.05, 0) is 25.8 Å². The van der Waals surface area contributed by atoms with Crippen LogP contribution in [0.15, 0.2) is 6.07 Å². The number of rotatable bonds is 6. The fraction of sp³-hybridized carbons (Fsp3) is 0.556. The van der Waals surface area contributed by atoms with Gasteiger partial charge in [-0.2, -0.15) is 5.10 Å². The highest BCUT2D eigenvalue weighted by atomic mass is 16.2. The van der Waals surface area contributed by atoms with E-state index < -0.39 is 0 Å². The van der Waals surface area contributed by atoms with Crippen molar-refractivity contribution in [2.45, 2.75) is 39.5 Å². The summed E-state index contributed by atoms with van der Waals surface area (Å²) < 4.78 is 1.73. The second kappa shape index (κ2) is 6.82. The maximum Gasteiger partial charge on any atom is 0.252 e. The molecular formula is C18H25N5O2. The number of hydrogen-bond acceptors (Lipinski definition) is 4. The molecule has 7 nitrogen and oxygen atoms in total. The zero-order valence-electron chi connectivity index (χ0n) is 15.2. The molecule has 0 spiro atoms. The number of carbonyl (C=O) groups is 2. The Labute approximate surface area is 147 Å². The number of fused-ring (bicyclic) bond motifs is 1. The van der Waals surface area contributed by atoms with Gasteiger partial charge in [0.1, 0.15) is 0 Å². The zero-order chi connectivity index (χ0) is 18.1. The number of carbonyl (C=O) groups excluding carboxylic acids is 2. The van der Waals surface area contributed by atoms with Crippen LogP contribution in [0.3, 0.4) is 0 Å². The second-order valence-corrected chi connectivity index (χ2v) is 6.98. The molecule has 1 saturated carbocycles. The number of nitrogens with zero attached hydrogens (tertiary/aromatic N) is 3. The van der Waals surface area contributed by atoms with Gasteiger partial charge in [0.25, 0.3) is 5.91 Å². The number of pyridine rings is 1. The minimum Gasteiger partial charge on any atom is -0.354 e. The molecule has 0 saturated heterocycles. The Balaban J connectivity index is 1.77. The van der Waals surface area contributed by atoms with Crippen LogP contribution in [-0.4, -0.2) is 39.7 Å². The molecule has 3 rings (SSSR count). The average molecular weight is 343 g/mol. The van der Waals surface area contributed by atoms with E-state index in [0.717, 1.165) is 35.3 Å². The highest BCUT2D eigenvalue weighted by Crippen LogP contribution is 2.40. The topological polar surface area (TPSA) is 88.9 Å². The molecular weight excluding hydrogens is 318 g/mol. The van der Waals surface area contributed by atoms with E-state index >= 15 is 0 Å². The van der Waals surface area contributed by atoms with Gasteiger partial charge in [0.05, 0.1) is 16.6 Å². The van der Waals surface area contributed by atoms with Crippen molar-refractivity contribution in [2.75, 3.05) is 13.1 Å². The van der Waals surface area contributed by atoms with Crippen molar-refractivity contribution < 1.29 is 9.59 Å². The van der Waals surface area contributed by atoms with Crippen LogP contribution in [0.2, 0.25) is 0 Å². The minimum absolute atomic E-state index is 0.0142. The summed E-state index contributed by atoms with van der Waals surface area (Å²) in [6, 6.07) is 1.90. The van der Waals surface area contributed by atoms with E-state index in [-0.39, 0.29) is 17.7 Å². The summed E-state index contributed by atoms with van der Waals surface area (Å²) in [7, 11) is 1.85. The molecule has 2 aromatic rings. The molecule has 1 aliphatic carbocycles. The Hall–Kier alpha value is -2.44. The van der Waals surface area contributed by atoms with Gasteiger partial charge in [-0.25, -0.2) is 4.98 Å². The Morgan fingerprint density at radius 1 is 1.28 bits per heavy atom. The molecule has 25 heavy (non-hydrogen) atoms. The Morgan fingerprint density at radius 2 is 1.96 bits per heavy atom. The lowest BCUT2D eigenvalue weighted by Gasteiger charge is -2.10. The molecule has 0 atom stereocenters. The molecule has 2 heterocycles. The number of aryl methyl sites for hydroxylation is 2. The predicted molar refractivity (Wildman–Crippen MR) is 95.4 cm³/mol. The molecule has 0 bridgehead atoms. The fourth-order valence-corrected chi connectivity index (χ4v) is 2.89. The van der Waals surface area contributed by atoms with Gasteiger partial charge in [-0.15, -0.1) is 0 Å². The fourth-order valence-electron chi connectivity index (χ4n) is 2.89. The normalized spacial score (nSPS) is 14.1. The monoisotopic (exact) mass is 343 g/mol. The van der Waals surface area contributed by atoms with Crippen molar-refractivity contribution in [2.24, 2.45) is 13.0 Å². The summed E-state index contributed by atoms with van der Waals surface area (Å²) >= 11 is 0. The Kier molecular flexibility index (Phi) is 4.74. The quantitative estimate of drug-likeness (QED) is 0.781. The van der Waals surface area contributed by atoms with Crippen LogP contribution in [0, 0.1) is 12.8 Å². The maximum atomic E-state index is 12.7. The van der Waals surface area contributed by atoms with Crippen molar-refractivity contribution in [3.05, 3.63) is 23.0 Å². The van der Waals surface area contributed by atoms with Gasteiger partial charge in [-0.1, -0.05) is 13.8 Å². The lowest BCUT2D eigenvalue weighted by molar-refractivity contribution is -0.123. The average Bonchev–Trinajstić information content (AvgIpc) is 3.37. The molecule has 0 unspecified atom stereocenters. The van der Waals surface area contributed by atoms with Gasteiger partial charge in [-0.3, -0.25) is 14.3 Å².